The van der Waals surface area contributed by atoms with Gasteiger partial charge in [-0.15, -0.1) is 0 Å². The van der Waals surface area contributed by atoms with Gasteiger partial charge < -0.3 is 15.5 Å². The summed E-state index contributed by atoms with van der Waals surface area (Å²) in [5.74, 6) is 0.356. The molecule has 0 radical (unpaired) electrons. The number of phenols is 2. The summed E-state index contributed by atoms with van der Waals surface area (Å²) in [5.41, 5.74) is 3.17. The molecule has 0 heterocycles. The van der Waals surface area contributed by atoms with Crippen molar-refractivity contribution in [2.45, 2.75) is 32.9 Å². The van der Waals surface area contributed by atoms with E-state index in [1.165, 1.54) is 23.3 Å². The largest absolute Gasteiger partial charge is 0.508 e. The van der Waals surface area contributed by atoms with Crippen LogP contribution in [-0.4, -0.2) is 10.2 Å². The number of nitrogens with one attached hydrogen (secondary N) is 1. The van der Waals surface area contributed by atoms with E-state index >= 15 is 0 Å². The van der Waals surface area contributed by atoms with Gasteiger partial charge in [0.05, 0.1) is 0 Å². The van der Waals surface area contributed by atoms with Crippen molar-refractivity contribution in [2.24, 2.45) is 0 Å². The van der Waals surface area contributed by atoms with Gasteiger partial charge in [0.15, 0.2) is 0 Å². The molecule has 0 saturated carbocycles. The quantitative estimate of drug-likeness (QED) is 0.741. The van der Waals surface area contributed by atoms with Crippen LogP contribution in [0.3, 0.4) is 0 Å². The Kier molecular flexibility index (Phi) is 4.30. The minimum Gasteiger partial charge on any atom is -0.508 e. The molecule has 2 rings (SSSR count). The molecule has 0 aromatic heterocycles. The van der Waals surface area contributed by atoms with Crippen molar-refractivity contribution in [3.05, 3.63) is 59.2 Å². The Morgan fingerprint density at radius 1 is 0.900 bits per heavy atom. The Hall–Kier alpha value is -2.00. The predicted octanol–water partition coefficient (Wildman–Crippen LogP) is 3.82. The highest BCUT2D eigenvalue weighted by Gasteiger charge is 2.15. The zero-order valence-corrected chi connectivity index (χ0v) is 12.1. The summed E-state index contributed by atoms with van der Waals surface area (Å²) in [7, 11) is 0. The highest BCUT2D eigenvalue weighted by atomic mass is 16.3. The molecule has 3 nitrogen and oxygen atoms in total. The highest BCUT2D eigenvalue weighted by Crippen LogP contribution is 2.29. The predicted molar refractivity (Wildman–Crippen MR) is 80.9 cm³/mol. The van der Waals surface area contributed by atoms with Gasteiger partial charge >= 0.3 is 0 Å². The third kappa shape index (κ3) is 3.11. The normalized spacial score (nSPS) is 13.9. The molecule has 0 fully saturated rings. The van der Waals surface area contributed by atoms with Gasteiger partial charge in [0, 0.05) is 17.6 Å². The fourth-order valence-corrected chi connectivity index (χ4v) is 2.52. The van der Waals surface area contributed by atoms with Crippen molar-refractivity contribution in [3.8, 4) is 11.5 Å². The fraction of sp³-hybridized carbons (Fsp3) is 0.294. The number of hydrogen-bond acceptors (Lipinski definition) is 3. The average molecular weight is 271 g/mol. The molecule has 106 valence electrons. The maximum atomic E-state index is 9.89. The minimum atomic E-state index is -0.0586. The molecule has 20 heavy (non-hydrogen) atoms. The van der Waals surface area contributed by atoms with E-state index in [-0.39, 0.29) is 23.6 Å². The number of aromatic hydroxyl groups is 2. The summed E-state index contributed by atoms with van der Waals surface area (Å²) in [4.78, 5) is 0. The molecular formula is C17H21NO2. The first-order valence-corrected chi connectivity index (χ1v) is 6.82. The number of aryl methyl sites for hydroxylation is 1. The van der Waals surface area contributed by atoms with Crippen LogP contribution in [0.25, 0.3) is 0 Å². The highest BCUT2D eigenvalue weighted by molar-refractivity contribution is 5.40. The van der Waals surface area contributed by atoms with Crippen LogP contribution >= 0.6 is 0 Å². The van der Waals surface area contributed by atoms with Crippen molar-refractivity contribution in [2.75, 3.05) is 0 Å². The van der Waals surface area contributed by atoms with E-state index in [9.17, 15) is 10.2 Å². The molecule has 0 aliphatic heterocycles. The fourth-order valence-electron chi connectivity index (χ4n) is 2.52. The maximum absolute atomic E-state index is 9.89. The van der Waals surface area contributed by atoms with E-state index in [2.05, 4.69) is 31.3 Å². The molecular weight excluding hydrogens is 250 g/mol. The van der Waals surface area contributed by atoms with Crippen LogP contribution in [0.5, 0.6) is 11.5 Å². The lowest BCUT2D eigenvalue weighted by Crippen LogP contribution is -2.23. The van der Waals surface area contributed by atoms with E-state index in [1.54, 1.807) is 6.07 Å². The topological polar surface area (TPSA) is 52.5 Å². The van der Waals surface area contributed by atoms with Crippen molar-refractivity contribution >= 4 is 0 Å². The lowest BCUT2D eigenvalue weighted by atomic mass is 10.00. The van der Waals surface area contributed by atoms with Gasteiger partial charge in [0.1, 0.15) is 11.5 Å². The molecule has 2 unspecified atom stereocenters. The van der Waals surface area contributed by atoms with E-state index < -0.39 is 0 Å². The first-order chi connectivity index (χ1) is 9.49. The molecule has 0 spiro atoms. The monoisotopic (exact) mass is 271 g/mol. The lowest BCUT2D eigenvalue weighted by Gasteiger charge is -2.22. The smallest absolute Gasteiger partial charge is 0.120 e. The second-order valence-corrected chi connectivity index (χ2v) is 5.21. The summed E-state index contributed by atoms with van der Waals surface area (Å²) in [6.07, 6.45) is 0. The summed E-state index contributed by atoms with van der Waals surface area (Å²) < 4.78 is 0. The van der Waals surface area contributed by atoms with E-state index in [4.69, 9.17) is 0 Å². The van der Waals surface area contributed by atoms with Crippen molar-refractivity contribution in [1.29, 1.82) is 0 Å². The molecule has 3 N–H and O–H groups in total. The molecule has 2 aromatic rings. The number of benzene rings is 2. The SMILES string of the molecule is Cc1ccccc1C(C)NC(C)c1cc(O)ccc1O. The second-order valence-electron chi connectivity index (χ2n) is 5.21. The zero-order chi connectivity index (χ0) is 14.7. The van der Waals surface area contributed by atoms with Crippen LogP contribution in [-0.2, 0) is 0 Å². The Bertz CT molecular complexity index is 595. The Labute approximate surface area is 119 Å². The Morgan fingerprint density at radius 2 is 1.55 bits per heavy atom. The third-order valence-electron chi connectivity index (χ3n) is 3.63. The van der Waals surface area contributed by atoms with E-state index in [0.717, 1.165) is 0 Å². The molecule has 0 aliphatic rings. The van der Waals surface area contributed by atoms with Crippen molar-refractivity contribution < 1.29 is 10.2 Å². The first kappa shape index (κ1) is 14.4. The zero-order valence-electron chi connectivity index (χ0n) is 12.1. The summed E-state index contributed by atoms with van der Waals surface area (Å²) >= 11 is 0. The molecule has 0 aliphatic carbocycles. The number of rotatable bonds is 4. The van der Waals surface area contributed by atoms with Gasteiger partial charge in [-0.2, -0.15) is 0 Å². The van der Waals surface area contributed by atoms with Gasteiger partial charge in [0.25, 0.3) is 0 Å². The van der Waals surface area contributed by atoms with Crippen molar-refractivity contribution in [1.82, 2.24) is 5.32 Å². The summed E-state index contributed by atoms with van der Waals surface area (Å²) in [6.45, 7) is 6.16. The van der Waals surface area contributed by atoms with Crippen LogP contribution in [0.4, 0.5) is 0 Å². The van der Waals surface area contributed by atoms with Crippen LogP contribution in [0.1, 0.15) is 42.6 Å². The van der Waals surface area contributed by atoms with Crippen LogP contribution in [0, 0.1) is 6.92 Å². The minimum absolute atomic E-state index is 0.0586. The second kappa shape index (κ2) is 5.97. The van der Waals surface area contributed by atoms with Crippen LogP contribution in [0.15, 0.2) is 42.5 Å². The van der Waals surface area contributed by atoms with Gasteiger partial charge in [-0.05, 0) is 50.1 Å². The average Bonchev–Trinajstić information content (AvgIpc) is 2.41. The Balaban J connectivity index is 2.17. The number of phenolic OH excluding ortho intramolecular Hbond substituents is 2. The third-order valence-corrected chi connectivity index (χ3v) is 3.63. The lowest BCUT2D eigenvalue weighted by molar-refractivity contribution is 0.429. The van der Waals surface area contributed by atoms with E-state index in [0.29, 0.717) is 5.56 Å². The molecule has 2 aromatic carbocycles. The maximum Gasteiger partial charge on any atom is 0.120 e. The number of hydrogen-bond donors (Lipinski definition) is 3. The van der Waals surface area contributed by atoms with Gasteiger partial charge in [0.2, 0.25) is 0 Å². The summed E-state index contributed by atoms with van der Waals surface area (Å²) in [6, 6.07) is 12.9. The van der Waals surface area contributed by atoms with Crippen LogP contribution in [0.2, 0.25) is 0 Å². The molecule has 0 bridgehead atoms. The summed E-state index contributed by atoms with van der Waals surface area (Å²) in [5, 5.41) is 22.9. The molecule has 3 heteroatoms. The molecule has 0 amide bonds. The first-order valence-electron chi connectivity index (χ1n) is 6.82. The molecule has 0 saturated heterocycles. The van der Waals surface area contributed by atoms with Gasteiger partial charge in [-0.1, -0.05) is 24.3 Å². The molecule has 2 atom stereocenters. The van der Waals surface area contributed by atoms with Gasteiger partial charge in [-0.3, -0.25) is 0 Å². The van der Waals surface area contributed by atoms with Gasteiger partial charge in [-0.25, -0.2) is 0 Å². The Morgan fingerprint density at radius 3 is 2.25 bits per heavy atom. The standard InChI is InChI=1S/C17H21NO2/c1-11-6-4-5-7-15(11)12(2)18-13(3)16-10-14(19)8-9-17(16)20/h4-10,12-13,18-20H,1-3H3. The van der Waals surface area contributed by atoms with Crippen LogP contribution < -0.4 is 5.32 Å². The van der Waals surface area contributed by atoms with Crippen molar-refractivity contribution in [3.63, 3.8) is 0 Å². The van der Waals surface area contributed by atoms with E-state index in [1.807, 2.05) is 19.1 Å².